The molecule has 9 heteroatoms. The monoisotopic (exact) mass is 342 g/mol. The number of benzene rings is 1. The first-order chi connectivity index (χ1) is 10.1. The van der Waals surface area contributed by atoms with E-state index in [0.717, 1.165) is 29.5 Å². The van der Waals surface area contributed by atoms with E-state index in [0.29, 0.717) is 18.5 Å². The van der Waals surface area contributed by atoms with Crippen LogP contribution in [-0.4, -0.2) is 22.4 Å². The number of amides is 1. The van der Waals surface area contributed by atoms with E-state index in [4.69, 9.17) is 5.73 Å². The second-order valence-electron chi connectivity index (χ2n) is 4.26. The molecule has 0 saturated heterocycles. The average molecular weight is 343 g/mol. The summed E-state index contributed by atoms with van der Waals surface area (Å²) in [4.78, 5) is 26.1. The lowest BCUT2D eigenvalue weighted by Crippen LogP contribution is -2.14. The average Bonchev–Trinajstić information content (AvgIpc) is 2.94. The molecule has 22 heavy (non-hydrogen) atoms. The third-order valence-electron chi connectivity index (χ3n) is 2.81. The first-order valence-electron chi connectivity index (χ1n) is 6.31. The molecule has 1 amide bonds. The summed E-state index contributed by atoms with van der Waals surface area (Å²) in [6.45, 7) is 0.550. The van der Waals surface area contributed by atoms with Crippen LogP contribution in [0.15, 0.2) is 30.5 Å². The Balaban J connectivity index is 0.00000242. The summed E-state index contributed by atoms with van der Waals surface area (Å²) in [5.74, 6) is -0.327. The Bertz CT molecular complexity index is 662. The largest absolute Gasteiger partial charge is 0.345 e. The number of rotatable bonds is 6. The minimum atomic E-state index is -0.539. The number of aryl methyl sites for hydroxylation is 1. The van der Waals surface area contributed by atoms with Gasteiger partial charge >= 0.3 is 5.00 Å². The lowest BCUT2D eigenvalue weighted by molar-refractivity contribution is -0.380. The molecule has 0 atom stereocenters. The summed E-state index contributed by atoms with van der Waals surface area (Å²) in [6, 6.07) is 7.21. The Hall–Kier alpha value is -2.03. The van der Waals surface area contributed by atoms with Gasteiger partial charge in [0.1, 0.15) is 6.20 Å². The normalized spacial score (nSPS) is 9.86. The molecule has 3 N–H and O–H groups in total. The number of nitrogens with two attached hydrogens (primary N) is 1. The SMILES string of the molecule is Cl.NCCCc1ccccc1C(=O)Nc1ncc([N+](=O)[O-])s1. The van der Waals surface area contributed by atoms with Crippen molar-refractivity contribution in [1.82, 2.24) is 4.98 Å². The molecule has 0 bridgehead atoms. The molecule has 1 aromatic heterocycles. The molecule has 0 aliphatic carbocycles. The highest BCUT2D eigenvalue weighted by Crippen LogP contribution is 2.25. The minimum absolute atomic E-state index is 0. The van der Waals surface area contributed by atoms with Crippen molar-refractivity contribution in [3.8, 4) is 0 Å². The van der Waals surface area contributed by atoms with Gasteiger partial charge in [0.2, 0.25) is 0 Å². The van der Waals surface area contributed by atoms with E-state index in [1.807, 2.05) is 12.1 Å². The van der Waals surface area contributed by atoms with Gasteiger partial charge in [0, 0.05) is 5.56 Å². The van der Waals surface area contributed by atoms with Crippen LogP contribution in [0.2, 0.25) is 0 Å². The first kappa shape index (κ1) is 18.0. The summed E-state index contributed by atoms with van der Waals surface area (Å²) in [5, 5.41) is 13.3. The smallest absolute Gasteiger partial charge is 0.330 e. The first-order valence-corrected chi connectivity index (χ1v) is 7.13. The minimum Gasteiger partial charge on any atom is -0.330 e. The molecular weight excluding hydrogens is 328 g/mol. The fourth-order valence-electron chi connectivity index (χ4n) is 1.82. The molecule has 0 radical (unpaired) electrons. The third kappa shape index (κ3) is 4.48. The molecule has 2 rings (SSSR count). The highest BCUT2D eigenvalue weighted by Gasteiger charge is 2.16. The van der Waals surface area contributed by atoms with E-state index in [1.165, 1.54) is 0 Å². The van der Waals surface area contributed by atoms with Crippen LogP contribution in [0.25, 0.3) is 0 Å². The van der Waals surface area contributed by atoms with Crippen molar-refractivity contribution in [2.75, 3.05) is 11.9 Å². The lowest BCUT2D eigenvalue weighted by Gasteiger charge is -2.08. The van der Waals surface area contributed by atoms with Crippen LogP contribution in [0.5, 0.6) is 0 Å². The van der Waals surface area contributed by atoms with Crippen LogP contribution in [0.3, 0.4) is 0 Å². The van der Waals surface area contributed by atoms with Crippen molar-refractivity contribution in [3.05, 3.63) is 51.7 Å². The fourth-order valence-corrected chi connectivity index (χ4v) is 2.45. The van der Waals surface area contributed by atoms with E-state index in [1.54, 1.807) is 12.1 Å². The molecule has 0 aliphatic rings. The lowest BCUT2D eigenvalue weighted by atomic mass is 10.0. The Morgan fingerprint density at radius 2 is 2.14 bits per heavy atom. The zero-order valence-corrected chi connectivity index (χ0v) is 13.2. The number of nitrogens with zero attached hydrogens (tertiary/aromatic N) is 2. The Morgan fingerprint density at radius 1 is 1.41 bits per heavy atom. The second-order valence-corrected chi connectivity index (χ2v) is 5.27. The van der Waals surface area contributed by atoms with Crippen molar-refractivity contribution < 1.29 is 9.72 Å². The van der Waals surface area contributed by atoms with E-state index < -0.39 is 4.92 Å². The van der Waals surface area contributed by atoms with Gasteiger partial charge in [0.15, 0.2) is 5.13 Å². The molecule has 7 nitrogen and oxygen atoms in total. The maximum absolute atomic E-state index is 12.2. The zero-order valence-electron chi connectivity index (χ0n) is 11.5. The number of nitrogens with one attached hydrogen (secondary N) is 1. The topological polar surface area (TPSA) is 111 Å². The van der Waals surface area contributed by atoms with Crippen LogP contribution in [0, 0.1) is 10.1 Å². The molecular formula is C13H15ClN4O3S. The zero-order chi connectivity index (χ0) is 15.2. The number of nitro groups is 1. The maximum atomic E-state index is 12.2. The molecule has 118 valence electrons. The summed E-state index contributed by atoms with van der Waals surface area (Å²) in [6.07, 6.45) is 2.62. The van der Waals surface area contributed by atoms with Gasteiger partial charge < -0.3 is 5.73 Å². The van der Waals surface area contributed by atoms with E-state index >= 15 is 0 Å². The number of halogens is 1. The molecule has 1 heterocycles. The Labute approximate surface area is 137 Å². The Morgan fingerprint density at radius 3 is 2.77 bits per heavy atom. The number of hydrogen-bond acceptors (Lipinski definition) is 6. The van der Waals surface area contributed by atoms with Gasteiger partial charge in [-0.3, -0.25) is 20.2 Å². The van der Waals surface area contributed by atoms with Crippen LogP contribution < -0.4 is 11.1 Å². The number of carbonyl (C=O) groups is 1. The van der Waals surface area contributed by atoms with Gasteiger partial charge in [-0.1, -0.05) is 18.2 Å². The molecule has 0 spiro atoms. The summed E-state index contributed by atoms with van der Waals surface area (Å²) in [5.41, 5.74) is 6.91. The molecule has 0 unspecified atom stereocenters. The predicted molar refractivity (Wildman–Crippen MR) is 87.8 cm³/mol. The van der Waals surface area contributed by atoms with E-state index in [-0.39, 0.29) is 28.4 Å². The van der Waals surface area contributed by atoms with Gasteiger partial charge in [-0.2, -0.15) is 0 Å². The summed E-state index contributed by atoms with van der Waals surface area (Å²) >= 11 is 0.826. The van der Waals surface area contributed by atoms with Crippen molar-refractivity contribution >= 4 is 39.8 Å². The van der Waals surface area contributed by atoms with Crippen LogP contribution >= 0.6 is 23.7 Å². The van der Waals surface area contributed by atoms with Gasteiger partial charge in [-0.15, -0.1) is 12.4 Å². The molecule has 1 aromatic carbocycles. The van der Waals surface area contributed by atoms with Crippen LogP contribution in [0.4, 0.5) is 10.1 Å². The van der Waals surface area contributed by atoms with Gasteiger partial charge in [0.25, 0.3) is 5.91 Å². The van der Waals surface area contributed by atoms with Crippen molar-refractivity contribution in [2.45, 2.75) is 12.8 Å². The predicted octanol–water partition coefficient (Wildman–Crippen LogP) is 2.62. The Kier molecular flexibility index (Phi) is 6.90. The standard InChI is InChI=1S/C13H14N4O3S.ClH/c14-7-3-5-9-4-1-2-6-10(9)12(18)16-13-15-8-11(21-13)17(19)20;/h1-2,4,6,8H,3,5,7,14H2,(H,15,16,18);1H. The molecule has 2 aromatic rings. The number of hydrogen-bond donors (Lipinski definition) is 2. The fraction of sp³-hybridized carbons (Fsp3) is 0.231. The van der Waals surface area contributed by atoms with Gasteiger partial charge in [0.05, 0.1) is 4.92 Å². The highest BCUT2D eigenvalue weighted by atomic mass is 35.5. The van der Waals surface area contributed by atoms with Crippen molar-refractivity contribution in [3.63, 3.8) is 0 Å². The third-order valence-corrected chi connectivity index (χ3v) is 3.67. The quantitative estimate of drug-likeness (QED) is 0.619. The number of aromatic nitrogens is 1. The van der Waals surface area contributed by atoms with E-state index in [9.17, 15) is 14.9 Å². The molecule has 0 fully saturated rings. The number of anilines is 1. The van der Waals surface area contributed by atoms with Crippen molar-refractivity contribution in [2.24, 2.45) is 5.73 Å². The molecule has 0 aliphatic heterocycles. The van der Waals surface area contributed by atoms with Crippen molar-refractivity contribution in [1.29, 1.82) is 0 Å². The maximum Gasteiger partial charge on any atom is 0.345 e. The summed E-state index contributed by atoms with van der Waals surface area (Å²) < 4.78 is 0. The van der Waals surface area contributed by atoms with E-state index in [2.05, 4.69) is 10.3 Å². The van der Waals surface area contributed by atoms with Crippen LogP contribution in [0.1, 0.15) is 22.3 Å². The summed E-state index contributed by atoms with van der Waals surface area (Å²) in [7, 11) is 0. The van der Waals surface area contributed by atoms with Crippen LogP contribution in [-0.2, 0) is 6.42 Å². The highest BCUT2D eigenvalue weighted by molar-refractivity contribution is 7.18. The number of carbonyl (C=O) groups excluding carboxylic acids is 1. The van der Waals surface area contributed by atoms with Gasteiger partial charge in [-0.05, 0) is 42.4 Å². The van der Waals surface area contributed by atoms with Gasteiger partial charge in [-0.25, -0.2) is 4.98 Å². The number of thiazole rings is 1. The molecule has 0 saturated carbocycles. The second kappa shape index (κ2) is 8.42.